The highest BCUT2D eigenvalue weighted by atomic mass is 32.2. The second-order valence-corrected chi connectivity index (χ2v) is 8.57. The van der Waals surface area contributed by atoms with E-state index in [1.807, 2.05) is 12.1 Å². The van der Waals surface area contributed by atoms with Crippen LogP contribution < -0.4 is 4.90 Å². The maximum absolute atomic E-state index is 13.0. The summed E-state index contributed by atoms with van der Waals surface area (Å²) < 4.78 is 36.2. The van der Waals surface area contributed by atoms with Crippen LogP contribution in [-0.4, -0.2) is 32.4 Å². The predicted octanol–water partition coefficient (Wildman–Crippen LogP) is 3.32. The largest absolute Gasteiger partial charge is 0.388 e. The number of hydrogen-bond donors (Lipinski definition) is 1. The van der Waals surface area contributed by atoms with Crippen LogP contribution in [0.2, 0.25) is 0 Å². The minimum absolute atomic E-state index is 0.170. The molecule has 6 heteroatoms. The topological polar surface area (TPSA) is 57.6 Å². The van der Waals surface area contributed by atoms with Gasteiger partial charge in [-0.1, -0.05) is 12.1 Å². The maximum atomic E-state index is 13.0. The van der Waals surface area contributed by atoms with Gasteiger partial charge in [0.15, 0.2) is 9.84 Å². The lowest BCUT2D eigenvalue weighted by atomic mass is 10.00. The Labute approximate surface area is 147 Å². The molecule has 1 aliphatic rings. The van der Waals surface area contributed by atoms with E-state index < -0.39 is 15.9 Å². The van der Waals surface area contributed by atoms with Crippen molar-refractivity contribution in [1.29, 1.82) is 0 Å². The van der Waals surface area contributed by atoms with Gasteiger partial charge in [-0.05, 0) is 61.2 Å². The first kappa shape index (κ1) is 17.9. The maximum Gasteiger partial charge on any atom is 0.175 e. The summed E-state index contributed by atoms with van der Waals surface area (Å²) in [6, 6.07) is 13.0. The molecule has 0 aliphatic carbocycles. The lowest BCUT2D eigenvalue weighted by Gasteiger charge is -2.28. The highest BCUT2D eigenvalue weighted by Gasteiger charge is 2.27. The number of nitrogens with zero attached hydrogens (tertiary/aromatic N) is 1. The summed E-state index contributed by atoms with van der Waals surface area (Å²) in [6.07, 6.45) is 3.08. The zero-order chi connectivity index (χ0) is 18.0. The van der Waals surface area contributed by atoms with E-state index in [-0.39, 0.29) is 11.9 Å². The number of halogens is 1. The predicted molar refractivity (Wildman–Crippen MR) is 95.9 cm³/mol. The summed E-state index contributed by atoms with van der Waals surface area (Å²) in [5, 5.41) is 10.5. The molecule has 1 saturated heterocycles. The number of sulfone groups is 1. The van der Waals surface area contributed by atoms with Gasteiger partial charge in [0.2, 0.25) is 0 Å². The average Bonchev–Trinajstić information content (AvgIpc) is 3.03. The van der Waals surface area contributed by atoms with Crippen LogP contribution in [-0.2, 0) is 9.84 Å². The first-order valence-corrected chi connectivity index (χ1v) is 10.2. The van der Waals surface area contributed by atoms with E-state index in [4.69, 9.17) is 0 Å². The first-order chi connectivity index (χ1) is 11.8. The third kappa shape index (κ3) is 4.19. The van der Waals surface area contributed by atoms with E-state index in [2.05, 4.69) is 4.90 Å². The van der Waals surface area contributed by atoms with Crippen molar-refractivity contribution in [2.75, 3.05) is 17.7 Å². The fourth-order valence-electron chi connectivity index (χ4n) is 3.38. The number of aliphatic hydroxyl groups excluding tert-OH is 1. The van der Waals surface area contributed by atoms with Gasteiger partial charge in [-0.15, -0.1) is 0 Å². The molecule has 2 aromatic rings. The molecular formula is C19H22FNO3S. The Kier molecular flexibility index (Phi) is 5.11. The Balaban J connectivity index is 1.73. The summed E-state index contributed by atoms with van der Waals surface area (Å²) >= 11 is 0. The third-order valence-corrected chi connectivity index (χ3v) is 5.85. The smallest absolute Gasteiger partial charge is 0.175 e. The monoisotopic (exact) mass is 363 g/mol. The molecule has 0 amide bonds. The summed E-state index contributed by atoms with van der Waals surface area (Å²) in [7, 11) is -3.20. The summed E-state index contributed by atoms with van der Waals surface area (Å²) in [5.74, 6) is -0.315. The number of rotatable bonds is 5. The van der Waals surface area contributed by atoms with Crippen molar-refractivity contribution >= 4 is 15.5 Å². The molecule has 25 heavy (non-hydrogen) atoms. The van der Waals surface area contributed by atoms with Gasteiger partial charge >= 0.3 is 0 Å². The Bertz CT molecular complexity index is 819. The zero-order valence-electron chi connectivity index (χ0n) is 14.1. The van der Waals surface area contributed by atoms with Crippen LogP contribution in [0.1, 0.15) is 30.9 Å². The molecule has 0 radical (unpaired) electrons. The van der Waals surface area contributed by atoms with Crippen LogP contribution in [0, 0.1) is 5.82 Å². The third-order valence-electron chi connectivity index (χ3n) is 4.72. The van der Waals surface area contributed by atoms with Crippen LogP contribution in [0.15, 0.2) is 53.4 Å². The molecule has 134 valence electrons. The van der Waals surface area contributed by atoms with Gasteiger partial charge in [0.05, 0.1) is 11.0 Å². The minimum Gasteiger partial charge on any atom is -0.388 e. The fourth-order valence-corrected chi connectivity index (χ4v) is 4.01. The Hall–Kier alpha value is -1.92. The molecule has 0 spiro atoms. The summed E-state index contributed by atoms with van der Waals surface area (Å²) in [6.45, 7) is 0.874. The van der Waals surface area contributed by atoms with Crippen molar-refractivity contribution in [2.24, 2.45) is 0 Å². The fraction of sp³-hybridized carbons (Fsp3) is 0.368. The number of anilines is 1. The number of benzene rings is 2. The van der Waals surface area contributed by atoms with Crippen molar-refractivity contribution in [1.82, 2.24) is 0 Å². The van der Waals surface area contributed by atoms with Gasteiger partial charge in [0, 0.05) is 24.5 Å². The molecule has 2 aromatic carbocycles. The zero-order valence-corrected chi connectivity index (χ0v) is 14.9. The standard InChI is InChI=1S/C19H22FNO3S/c1-25(23,24)18-10-8-16(9-11-18)21-12-2-3-17(21)13-19(22)14-4-6-15(20)7-5-14/h4-11,17,19,22H,2-3,12-13H2,1H3. The molecular weight excluding hydrogens is 341 g/mol. The van der Waals surface area contributed by atoms with Crippen LogP contribution in [0.5, 0.6) is 0 Å². The Morgan fingerprint density at radius 2 is 1.80 bits per heavy atom. The molecule has 3 rings (SSSR count). The number of aliphatic hydroxyl groups is 1. The van der Waals surface area contributed by atoms with Gasteiger partial charge in [-0.2, -0.15) is 0 Å². The quantitative estimate of drug-likeness (QED) is 0.885. The van der Waals surface area contributed by atoms with Gasteiger partial charge in [0.25, 0.3) is 0 Å². The van der Waals surface area contributed by atoms with Gasteiger partial charge in [0.1, 0.15) is 5.82 Å². The van der Waals surface area contributed by atoms with Crippen LogP contribution in [0.25, 0.3) is 0 Å². The molecule has 1 aliphatic heterocycles. The molecule has 2 unspecified atom stereocenters. The molecule has 1 fully saturated rings. The van der Waals surface area contributed by atoms with Gasteiger partial charge in [-0.25, -0.2) is 12.8 Å². The number of hydrogen-bond acceptors (Lipinski definition) is 4. The summed E-state index contributed by atoms with van der Waals surface area (Å²) in [5.41, 5.74) is 1.67. The van der Waals surface area contributed by atoms with E-state index in [1.54, 1.807) is 24.3 Å². The average molecular weight is 363 g/mol. The molecule has 4 nitrogen and oxygen atoms in total. The van der Waals surface area contributed by atoms with Crippen LogP contribution in [0.3, 0.4) is 0 Å². The van der Waals surface area contributed by atoms with Gasteiger partial charge in [-0.3, -0.25) is 0 Å². The first-order valence-electron chi connectivity index (χ1n) is 8.35. The van der Waals surface area contributed by atoms with Crippen LogP contribution >= 0.6 is 0 Å². The van der Waals surface area contributed by atoms with E-state index >= 15 is 0 Å². The van der Waals surface area contributed by atoms with Crippen molar-refractivity contribution in [3.8, 4) is 0 Å². The summed E-state index contributed by atoms with van der Waals surface area (Å²) in [4.78, 5) is 2.51. The molecule has 1 heterocycles. The minimum atomic E-state index is -3.20. The normalized spacial score (nSPS) is 19.2. The van der Waals surface area contributed by atoms with Crippen molar-refractivity contribution < 1.29 is 17.9 Å². The lowest BCUT2D eigenvalue weighted by Crippen LogP contribution is -2.30. The SMILES string of the molecule is CS(=O)(=O)c1ccc(N2CCCC2CC(O)c2ccc(F)cc2)cc1. The molecule has 2 atom stereocenters. The van der Waals surface area contributed by atoms with E-state index in [0.29, 0.717) is 16.9 Å². The van der Waals surface area contributed by atoms with Crippen molar-refractivity contribution in [3.63, 3.8) is 0 Å². The van der Waals surface area contributed by atoms with Gasteiger partial charge < -0.3 is 10.0 Å². The highest BCUT2D eigenvalue weighted by Crippen LogP contribution is 2.32. The van der Waals surface area contributed by atoms with E-state index in [0.717, 1.165) is 25.1 Å². The van der Waals surface area contributed by atoms with Crippen molar-refractivity contribution in [3.05, 3.63) is 59.9 Å². The highest BCUT2D eigenvalue weighted by molar-refractivity contribution is 7.90. The Morgan fingerprint density at radius 3 is 2.40 bits per heavy atom. The molecule has 0 bridgehead atoms. The molecule has 0 saturated carbocycles. The molecule has 1 N–H and O–H groups in total. The molecule has 0 aromatic heterocycles. The van der Waals surface area contributed by atoms with E-state index in [9.17, 15) is 17.9 Å². The van der Waals surface area contributed by atoms with E-state index in [1.165, 1.54) is 18.4 Å². The Morgan fingerprint density at radius 1 is 1.16 bits per heavy atom. The lowest BCUT2D eigenvalue weighted by molar-refractivity contribution is 0.158. The van der Waals surface area contributed by atoms with Crippen molar-refractivity contribution in [2.45, 2.75) is 36.3 Å². The van der Waals surface area contributed by atoms with Crippen LogP contribution in [0.4, 0.5) is 10.1 Å². The second-order valence-electron chi connectivity index (χ2n) is 6.56. The second kappa shape index (κ2) is 7.14.